The summed E-state index contributed by atoms with van der Waals surface area (Å²) in [6.07, 6.45) is 0. The lowest BCUT2D eigenvalue weighted by Gasteiger charge is -2.11. The number of nitrogens with one attached hydrogen (secondary N) is 1. The maximum atomic E-state index is 12.1. The van der Waals surface area contributed by atoms with Crippen LogP contribution in [0.1, 0.15) is 24.4 Å². The van der Waals surface area contributed by atoms with Crippen LogP contribution < -0.4 is 11.1 Å². The number of nitrogen functional groups attached to an aromatic ring is 1. The van der Waals surface area contributed by atoms with Gasteiger partial charge in [-0.05, 0) is 26.0 Å². The number of nitrogens with two attached hydrogens (primary N) is 1. The van der Waals surface area contributed by atoms with Crippen LogP contribution in [0.15, 0.2) is 46.0 Å². The second-order valence-corrected chi connectivity index (χ2v) is 6.42. The van der Waals surface area contributed by atoms with Crippen molar-refractivity contribution in [1.29, 1.82) is 0 Å². The Labute approximate surface area is 143 Å². The van der Waals surface area contributed by atoms with Gasteiger partial charge in [0.1, 0.15) is 17.2 Å². The van der Waals surface area contributed by atoms with Crippen LogP contribution in [0.4, 0.5) is 5.82 Å². The number of thioether (sulfide) groups is 1. The molecular weight excluding hydrogens is 324 g/mol. The van der Waals surface area contributed by atoms with Gasteiger partial charge in [-0.1, -0.05) is 30.0 Å². The molecule has 6 nitrogen and oxygen atoms in total. The third kappa shape index (κ3) is 3.86. The van der Waals surface area contributed by atoms with Gasteiger partial charge < -0.3 is 15.5 Å². The van der Waals surface area contributed by atoms with Crippen molar-refractivity contribution < 1.29 is 9.21 Å². The normalized spacial score (nSPS) is 12.2. The average Bonchev–Trinajstić information content (AvgIpc) is 2.96. The third-order valence-corrected chi connectivity index (χ3v) is 4.28. The van der Waals surface area contributed by atoms with E-state index in [1.807, 2.05) is 44.2 Å². The summed E-state index contributed by atoms with van der Waals surface area (Å²) in [5, 5.41) is 4.44. The molecule has 0 fully saturated rings. The van der Waals surface area contributed by atoms with Crippen LogP contribution in [0.5, 0.6) is 0 Å². The number of rotatable bonds is 5. The Balaban J connectivity index is 1.59. The first kappa shape index (κ1) is 16.3. The monoisotopic (exact) mass is 342 g/mol. The molecule has 0 bridgehead atoms. The van der Waals surface area contributed by atoms with Gasteiger partial charge in [0.15, 0.2) is 5.16 Å². The first-order valence-corrected chi connectivity index (χ1v) is 8.51. The van der Waals surface area contributed by atoms with E-state index in [0.29, 0.717) is 11.0 Å². The van der Waals surface area contributed by atoms with E-state index in [-0.39, 0.29) is 17.7 Å². The van der Waals surface area contributed by atoms with Gasteiger partial charge in [-0.15, -0.1) is 0 Å². The maximum absolute atomic E-state index is 12.1. The molecule has 3 aromatic rings. The lowest BCUT2D eigenvalue weighted by atomic mass is 10.2. The Morgan fingerprint density at radius 2 is 2.12 bits per heavy atom. The van der Waals surface area contributed by atoms with Crippen molar-refractivity contribution in [2.45, 2.75) is 25.0 Å². The van der Waals surface area contributed by atoms with Gasteiger partial charge >= 0.3 is 0 Å². The van der Waals surface area contributed by atoms with Crippen LogP contribution in [-0.2, 0) is 4.79 Å². The van der Waals surface area contributed by atoms with E-state index in [4.69, 9.17) is 10.2 Å². The first-order valence-electron chi connectivity index (χ1n) is 7.53. The number of aromatic nitrogens is 2. The molecule has 24 heavy (non-hydrogen) atoms. The van der Waals surface area contributed by atoms with Crippen molar-refractivity contribution in [3.63, 3.8) is 0 Å². The lowest BCUT2D eigenvalue weighted by Crippen LogP contribution is -2.28. The highest BCUT2D eigenvalue weighted by Crippen LogP contribution is 2.23. The van der Waals surface area contributed by atoms with Crippen molar-refractivity contribution >= 4 is 34.5 Å². The molecule has 7 heteroatoms. The van der Waals surface area contributed by atoms with Crippen molar-refractivity contribution in [3.8, 4) is 0 Å². The van der Waals surface area contributed by atoms with Gasteiger partial charge in [-0.2, -0.15) is 0 Å². The van der Waals surface area contributed by atoms with Crippen molar-refractivity contribution in [1.82, 2.24) is 15.3 Å². The van der Waals surface area contributed by atoms with Gasteiger partial charge in [-0.3, -0.25) is 4.79 Å². The summed E-state index contributed by atoms with van der Waals surface area (Å²) in [5.41, 5.74) is 7.27. The standard InChI is InChI=1S/C17H18N4O2S/c1-10-7-15(18)21-17(19-10)24-9-16(22)20-11(2)14-8-12-5-3-4-6-13(12)23-14/h3-8,11H,9H2,1-2H3,(H,20,22)(H2,18,19,21)/t11-/m1/s1. The molecule has 0 unspecified atom stereocenters. The molecular formula is C17H18N4O2S. The minimum atomic E-state index is -0.214. The molecule has 0 saturated carbocycles. The van der Waals surface area contributed by atoms with Crippen LogP contribution in [0.3, 0.4) is 0 Å². The molecule has 0 aliphatic carbocycles. The summed E-state index contributed by atoms with van der Waals surface area (Å²) < 4.78 is 5.76. The van der Waals surface area contributed by atoms with Crippen molar-refractivity contribution in [3.05, 3.63) is 47.9 Å². The third-order valence-electron chi connectivity index (χ3n) is 3.43. The van der Waals surface area contributed by atoms with E-state index in [9.17, 15) is 4.79 Å². The lowest BCUT2D eigenvalue weighted by molar-refractivity contribution is -0.119. The van der Waals surface area contributed by atoms with E-state index in [1.165, 1.54) is 11.8 Å². The summed E-state index contributed by atoms with van der Waals surface area (Å²) >= 11 is 1.25. The Hall–Kier alpha value is -2.54. The number of para-hydroxylation sites is 1. The van der Waals surface area contributed by atoms with Gasteiger partial charge in [0, 0.05) is 17.1 Å². The summed E-state index contributed by atoms with van der Waals surface area (Å²) in [5.74, 6) is 1.23. The highest BCUT2D eigenvalue weighted by molar-refractivity contribution is 7.99. The van der Waals surface area contributed by atoms with E-state index < -0.39 is 0 Å². The van der Waals surface area contributed by atoms with E-state index in [1.54, 1.807) is 6.07 Å². The zero-order valence-electron chi connectivity index (χ0n) is 13.4. The number of carbonyl (C=O) groups excluding carboxylic acids is 1. The van der Waals surface area contributed by atoms with Crippen LogP contribution in [0.25, 0.3) is 11.0 Å². The Morgan fingerprint density at radius 3 is 2.88 bits per heavy atom. The predicted octanol–water partition coefficient (Wildman–Crippen LogP) is 3.08. The number of anilines is 1. The summed E-state index contributed by atoms with van der Waals surface area (Å²) in [6.45, 7) is 3.73. The molecule has 1 aromatic carbocycles. The van der Waals surface area contributed by atoms with Gasteiger partial charge in [0.2, 0.25) is 5.91 Å². The topological polar surface area (TPSA) is 94.0 Å². The molecule has 3 N–H and O–H groups in total. The molecule has 0 radical (unpaired) electrons. The number of amides is 1. The van der Waals surface area contributed by atoms with Gasteiger partial charge in [0.25, 0.3) is 0 Å². The zero-order chi connectivity index (χ0) is 17.1. The fourth-order valence-electron chi connectivity index (χ4n) is 2.33. The highest BCUT2D eigenvalue weighted by atomic mass is 32.2. The Bertz CT molecular complexity index is 825. The zero-order valence-corrected chi connectivity index (χ0v) is 14.3. The molecule has 1 amide bonds. The number of hydrogen-bond donors (Lipinski definition) is 2. The van der Waals surface area contributed by atoms with Crippen LogP contribution in [0.2, 0.25) is 0 Å². The molecule has 0 spiro atoms. The maximum Gasteiger partial charge on any atom is 0.231 e. The summed E-state index contributed by atoms with van der Waals surface area (Å²) in [7, 11) is 0. The SMILES string of the molecule is Cc1cc(N)nc(SCC(=O)N[C@H](C)c2cc3ccccc3o2)n1. The molecule has 0 aliphatic rings. The first-order chi connectivity index (χ1) is 11.5. The van der Waals surface area contributed by atoms with Crippen molar-refractivity contribution in [2.24, 2.45) is 0 Å². The van der Waals surface area contributed by atoms with E-state index in [0.717, 1.165) is 22.4 Å². The fraction of sp³-hybridized carbons (Fsp3) is 0.235. The largest absolute Gasteiger partial charge is 0.459 e. The number of nitrogens with zero attached hydrogens (tertiary/aromatic N) is 2. The Morgan fingerprint density at radius 1 is 1.33 bits per heavy atom. The summed E-state index contributed by atoms with van der Waals surface area (Å²) in [4.78, 5) is 20.5. The van der Waals surface area contributed by atoms with Gasteiger partial charge in [0.05, 0.1) is 11.8 Å². The smallest absolute Gasteiger partial charge is 0.231 e. The van der Waals surface area contributed by atoms with Gasteiger partial charge in [-0.25, -0.2) is 9.97 Å². The molecule has 0 saturated heterocycles. The van der Waals surface area contributed by atoms with E-state index >= 15 is 0 Å². The van der Waals surface area contributed by atoms with E-state index in [2.05, 4.69) is 15.3 Å². The summed E-state index contributed by atoms with van der Waals surface area (Å²) in [6, 6.07) is 11.2. The molecule has 2 heterocycles. The number of aryl methyl sites for hydroxylation is 1. The highest BCUT2D eigenvalue weighted by Gasteiger charge is 2.15. The number of hydrogen-bond acceptors (Lipinski definition) is 6. The second-order valence-electron chi connectivity index (χ2n) is 5.48. The molecule has 124 valence electrons. The van der Waals surface area contributed by atoms with Crippen LogP contribution >= 0.6 is 11.8 Å². The molecule has 0 aliphatic heterocycles. The fourth-order valence-corrected chi connectivity index (χ4v) is 3.05. The number of fused-ring (bicyclic) bond motifs is 1. The average molecular weight is 342 g/mol. The quantitative estimate of drug-likeness (QED) is 0.546. The molecule has 3 rings (SSSR count). The minimum Gasteiger partial charge on any atom is -0.459 e. The van der Waals surface area contributed by atoms with Crippen LogP contribution in [-0.4, -0.2) is 21.6 Å². The van der Waals surface area contributed by atoms with Crippen LogP contribution in [0, 0.1) is 6.92 Å². The number of carbonyl (C=O) groups is 1. The number of furan rings is 1. The van der Waals surface area contributed by atoms with Crippen molar-refractivity contribution in [2.75, 3.05) is 11.5 Å². The predicted molar refractivity (Wildman–Crippen MR) is 94.7 cm³/mol. The minimum absolute atomic E-state index is 0.114. The number of benzene rings is 1. The molecule has 1 atom stereocenters. The Kier molecular flexibility index (Phi) is 4.71. The second kappa shape index (κ2) is 6.92. The molecule has 2 aromatic heterocycles.